The van der Waals surface area contributed by atoms with Crippen molar-refractivity contribution < 1.29 is 80.2 Å². The molecule has 0 aliphatic heterocycles. The van der Waals surface area contributed by atoms with Crippen molar-refractivity contribution in [1.82, 2.24) is 0 Å². The minimum Gasteiger partial charge on any atom is -0.462 e. The summed E-state index contributed by atoms with van der Waals surface area (Å²) in [5.74, 6) is -0.548. The van der Waals surface area contributed by atoms with E-state index in [1.165, 1.54) is 302 Å². The molecular formula is C91H178O17P2. The first kappa shape index (κ1) is 108. The van der Waals surface area contributed by atoms with Gasteiger partial charge in [0.05, 0.1) is 26.4 Å². The Balaban J connectivity index is 5.22. The van der Waals surface area contributed by atoms with E-state index >= 15 is 0 Å². The minimum atomic E-state index is -4.97. The molecule has 0 rings (SSSR count). The highest BCUT2D eigenvalue weighted by Gasteiger charge is 2.31. The molecule has 0 aliphatic carbocycles. The number of carbonyl (C=O) groups is 4. The number of aliphatic hydroxyl groups excluding tert-OH is 1. The predicted octanol–water partition coefficient (Wildman–Crippen LogP) is 28.2. The van der Waals surface area contributed by atoms with Crippen LogP contribution in [0.15, 0.2) is 0 Å². The van der Waals surface area contributed by atoms with Crippen LogP contribution in [0.2, 0.25) is 0 Å². The van der Waals surface area contributed by atoms with Gasteiger partial charge in [0.15, 0.2) is 12.2 Å². The molecule has 0 aromatic heterocycles. The molecule has 0 aromatic carbocycles. The zero-order chi connectivity index (χ0) is 80.6. The zero-order valence-corrected chi connectivity index (χ0v) is 74.4. The van der Waals surface area contributed by atoms with Crippen molar-refractivity contribution in [2.45, 2.75) is 509 Å². The Morgan fingerprint density at radius 1 is 0.264 bits per heavy atom. The van der Waals surface area contributed by atoms with Crippen LogP contribution in [0.5, 0.6) is 0 Å². The summed E-state index contributed by atoms with van der Waals surface area (Å²) in [5, 5.41) is 10.7. The van der Waals surface area contributed by atoms with Crippen molar-refractivity contribution in [2.24, 2.45) is 11.8 Å². The highest BCUT2D eigenvalue weighted by Crippen LogP contribution is 2.45. The minimum absolute atomic E-state index is 0.107. The fourth-order valence-electron chi connectivity index (χ4n) is 14.3. The number of rotatable bonds is 90. The molecule has 0 saturated heterocycles. The van der Waals surface area contributed by atoms with Gasteiger partial charge in [0.1, 0.15) is 19.3 Å². The molecule has 0 fully saturated rings. The van der Waals surface area contributed by atoms with Crippen LogP contribution in [0.1, 0.15) is 491 Å². The maximum Gasteiger partial charge on any atom is 0.472 e. The Morgan fingerprint density at radius 3 is 0.691 bits per heavy atom. The lowest BCUT2D eigenvalue weighted by molar-refractivity contribution is -0.161. The van der Waals surface area contributed by atoms with Gasteiger partial charge >= 0.3 is 39.5 Å². The molecule has 3 unspecified atom stereocenters. The van der Waals surface area contributed by atoms with Crippen LogP contribution in [-0.4, -0.2) is 96.7 Å². The van der Waals surface area contributed by atoms with E-state index in [0.29, 0.717) is 31.6 Å². The summed E-state index contributed by atoms with van der Waals surface area (Å²) < 4.78 is 69.0. The second kappa shape index (κ2) is 82.2. The number of carbonyl (C=O) groups excluding carboxylic acids is 4. The topological polar surface area (TPSA) is 237 Å². The van der Waals surface area contributed by atoms with Gasteiger partial charge in [-0.3, -0.25) is 37.3 Å². The van der Waals surface area contributed by atoms with Crippen LogP contribution >= 0.6 is 15.6 Å². The highest BCUT2D eigenvalue weighted by atomic mass is 31.2. The average molecular weight is 1610 g/mol. The van der Waals surface area contributed by atoms with Crippen LogP contribution in [0.25, 0.3) is 0 Å². The Labute approximate surface area is 677 Å². The molecule has 654 valence electrons. The highest BCUT2D eigenvalue weighted by molar-refractivity contribution is 7.47. The second-order valence-electron chi connectivity index (χ2n) is 33.4. The molecule has 0 spiro atoms. The number of phosphoric ester groups is 2. The standard InChI is InChI=1S/C91H178O17P2/c1-7-10-12-14-16-18-20-22-24-26-28-30-31-33-35-37-42-46-50-56-63-69-75-90(95)107-86(79-101-88(93)73-67-61-55-49-45-41-36-34-32-29-27-25-23-21-19-17-15-13-11-8-2)81-105-109(97,98)103-77-85(92)78-104-110(99,100)106-82-87(80-102-89(94)74-68-62-58-52-53-59-65-71-83(4)5)108-91(96)76-70-64-57-51-47-43-39-38-40-44-48-54-60-66-72-84(6)9-3/h83-87,92H,7-82H2,1-6H3,(H,97,98)(H,99,100)/t84?,85-,86-,87-/m1/s1. The molecule has 6 atom stereocenters. The predicted molar refractivity (Wildman–Crippen MR) is 455 cm³/mol. The molecule has 0 radical (unpaired) electrons. The number of ether oxygens (including phenoxy) is 4. The zero-order valence-electron chi connectivity index (χ0n) is 72.6. The Kier molecular flexibility index (Phi) is 80.7. The normalized spacial score (nSPS) is 14.0. The molecule has 0 aliphatic rings. The van der Waals surface area contributed by atoms with E-state index in [2.05, 4.69) is 41.5 Å². The largest absolute Gasteiger partial charge is 0.472 e. The van der Waals surface area contributed by atoms with E-state index in [-0.39, 0.29) is 25.7 Å². The maximum absolute atomic E-state index is 13.2. The summed E-state index contributed by atoms with van der Waals surface area (Å²) >= 11 is 0. The van der Waals surface area contributed by atoms with Gasteiger partial charge in [-0.05, 0) is 37.5 Å². The number of phosphoric acid groups is 2. The summed E-state index contributed by atoms with van der Waals surface area (Å²) in [6, 6.07) is 0. The van der Waals surface area contributed by atoms with Gasteiger partial charge in [0, 0.05) is 25.7 Å². The number of hydrogen-bond acceptors (Lipinski definition) is 15. The number of esters is 4. The molecule has 0 bridgehead atoms. The lowest BCUT2D eigenvalue weighted by Gasteiger charge is -2.21. The van der Waals surface area contributed by atoms with Gasteiger partial charge < -0.3 is 33.8 Å². The van der Waals surface area contributed by atoms with E-state index in [4.69, 9.17) is 37.0 Å². The van der Waals surface area contributed by atoms with Crippen LogP contribution in [0.3, 0.4) is 0 Å². The fraction of sp³-hybridized carbons (Fsp3) is 0.956. The van der Waals surface area contributed by atoms with Gasteiger partial charge in [-0.2, -0.15) is 0 Å². The quantitative estimate of drug-likeness (QED) is 0.0222. The lowest BCUT2D eigenvalue weighted by Crippen LogP contribution is -2.30. The summed E-state index contributed by atoms with van der Waals surface area (Å²) in [4.78, 5) is 73.4. The third kappa shape index (κ3) is 82.6. The van der Waals surface area contributed by atoms with E-state index < -0.39 is 97.5 Å². The Hall–Kier alpha value is -1.94. The van der Waals surface area contributed by atoms with E-state index in [9.17, 15) is 43.2 Å². The van der Waals surface area contributed by atoms with Crippen molar-refractivity contribution in [3.8, 4) is 0 Å². The smallest absolute Gasteiger partial charge is 0.462 e. The molecular weight excluding hydrogens is 1430 g/mol. The SMILES string of the molecule is CCCCCCCCCCCCCCCCCCCCCCCCC(=O)O[C@H](COC(=O)CCCCCCCCCCCCCCCCCCCCCC)COP(=O)(O)OC[C@@H](O)COP(=O)(O)OC[C@@H](COC(=O)CCCCCCCCCC(C)C)OC(=O)CCCCCCCCCCCCCCCCC(C)CC. The van der Waals surface area contributed by atoms with Gasteiger partial charge in [-0.1, -0.05) is 440 Å². The van der Waals surface area contributed by atoms with Crippen molar-refractivity contribution in [3.63, 3.8) is 0 Å². The average Bonchev–Trinajstić information content (AvgIpc) is 0.900. The molecule has 0 amide bonds. The molecule has 0 heterocycles. The molecule has 0 saturated carbocycles. The van der Waals surface area contributed by atoms with Crippen molar-refractivity contribution in [2.75, 3.05) is 39.6 Å². The molecule has 110 heavy (non-hydrogen) atoms. The molecule has 3 N–H and O–H groups in total. The summed E-state index contributed by atoms with van der Waals surface area (Å²) in [6.45, 7) is 9.69. The van der Waals surface area contributed by atoms with Gasteiger partial charge in [-0.15, -0.1) is 0 Å². The van der Waals surface area contributed by atoms with Gasteiger partial charge in [-0.25, -0.2) is 9.13 Å². The first-order valence-corrected chi connectivity index (χ1v) is 50.0. The summed E-state index contributed by atoms with van der Waals surface area (Å²) in [7, 11) is -9.93. The summed E-state index contributed by atoms with van der Waals surface area (Å²) in [6.07, 6.45) is 76.6. The van der Waals surface area contributed by atoms with Crippen LogP contribution in [-0.2, 0) is 65.4 Å². The number of unbranched alkanes of at least 4 members (excludes halogenated alkanes) is 59. The molecule has 0 aromatic rings. The molecule has 17 nitrogen and oxygen atoms in total. The van der Waals surface area contributed by atoms with E-state index in [1.54, 1.807) is 0 Å². The van der Waals surface area contributed by atoms with Crippen LogP contribution in [0, 0.1) is 11.8 Å². The van der Waals surface area contributed by atoms with Gasteiger partial charge in [0.2, 0.25) is 0 Å². The Morgan fingerprint density at radius 2 is 0.464 bits per heavy atom. The lowest BCUT2D eigenvalue weighted by atomic mass is 9.99. The van der Waals surface area contributed by atoms with Crippen LogP contribution < -0.4 is 0 Å². The maximum atomic E-state index is 13.2. The molecule has 19 heteroatoms. The Bertz CT molecular complexity index is 2100. The van der Waals surface area contributed by atoms with E-state index in [0.717, 1.165) is 102 Å². The third-order valence-corrected chi connectivity index (χ3v) is 23.7. The van der Waals surface area contributed by atoms with Crippen molar-refractivity contribution in [1.29, 1.82) is 0 Å². The monoisotopic (exact) mass is 1610 g/mol. The first-order chi connectivity index (χ1) is 53.4. The van der Waals surface area contributed by atoms with Crippen molar-refractivity contribution in [3.05, 3.63) is 0 Å². The second-order valence-corrected chi connectivity index (χ2v) is 36.3. The number of aliphatic hydroxyl groups is 1. The van der Waals surface area contributed by atoms with Crippen molar-refractivity contribution >= 4 is 39.5 Å². The number of hydrogen-bond donors (Lipinski definition) is 3. The van der Waals surface area contributed by atoms with E-state index in [1.807, 2.05) is 0 Å². The fourth-order valence-corrected chi connectivity index (χ4v) is 15.9. The first-order valence-electron chi connectivity index (χ1n) is 47.0. The van der Waals surface area contributed by atoms with Gasteiger partial charge in [0.25, 0.3) is 0 Å². The van der Waals surface area contributed by atoms with Crippen LogP contribution in [0.4, 0.5) is 0 Å². The summed E-state index contributed by atoms with van der Waals surface area (Å²) in [5.41, 5.74) is 0. The third-order valence-electron chi connectivity index (χ3n) is 21.8.